The average Bonchev–Trinajstić information content (AvgIpc) is 3.40. The number of hydrogen-bond acceptors (Lipinski definition) is 8. The number of nitrogens with one attached hydrogen (secondary N) is 1. The highest BCUT2D eigenvalue weighted by atomic mass is 16.7. The molecule has 4 aromatic rings. The van der Waals surface area contributed by atoms with Crippen molar-refractivity contribution in [1.29, 1.82) is 0 Å². The lowest BCUT2D eigenvalue weighted by Crippen LogP contribution is -2.43. The molecule has 1 unspecified atom stereocenters. The van der Waals surface area contributed by atoms with Crippen LogP contribution in [0.3, 0.4) is 0 Å². The summed E-state index contributed by atoms with van der Waals surface area (Å²) >= 11 is 0. The molecule has 5 atom stereocenters. The van der Waals surface area contributed by atoms with Gasteiger partial charge in [0.1, 0.15) is 12.6 Å². The number of alkyl carbamates (subject to hydrolysis) is 1. The van der Waals surface area contributed by atoms with Gasteiger partial charge in [-0.25, -0.2) is 9.69 Å². The zero-order valence-corrected chi connectivity index (χ0v) is 27.6. The summed E-state index contributed by atoms with van der Waals surface area (Å²) in [7, 11) is 2.06. The van der Waals surface area contributed by atoms with Crippen molar-refractivity contribution in [1.82, 2.24) is 10.2 Å². The normalized spacial score (nSPS) is 22.4. The monoisotopic (exact) mass is 663 g/mol. The molecular weight excluding hydrogens is 622 g/mol. The number of amides is 3. The van der Waals surface area contributed by atoms with E-state index in [1.54, 1.807) is 18.2 Å². The first-order valence-electron chi connectivity index (χ1n) is 16.5. The summed E-state index contributed by atoms with van der Waals surface area (Å²) < 4.78 is 18.5. The van der Waals surface area contributed by atoms with Crippen LogP contribution in [0.2, 0.25) is 0 Å². The average molecular weight is 664 g/mol. The summed E-state index contributed by atoms with van der Waals surface area (Å²) in [5, 5.41) is 12.1. The third-order valence-electron chi connectivity index (χ3n) is 8.96. The fraction of sp³-hybridized carbons (Fsp3) is 0.308. The summed E-state index contributed by atoms with van der Waals surface area (Å²) in [5.74, 6) is -0.995. The van der Waals surface area contributed by atoms with Crippen molar-refractivity contribution in [2.75, 3.05) is 18.5 Å². The van der Waals surface area contributed by atoms with Crippen molar-refractivity contribution in [3.05, 3.63) is 137 Å². The van der Waals surface area contributed by atoms with Crippen molar-refractivity contribution in [2.24, 2.45) is 5.92 Å². The number of aliphatic hydroxyl groups excluding tert-OH is 1. The van der Waals surface area contributed by atoms with E-state index in [0.29, 0.717) is 17.8 Å². The highest BCUT2D eigenvalue weighted by molar-refractivity contribution is 6.22. The first kappa shape index (κ1) is 34.0. The molecule has 2 aliphatic heterocycles. The van der Waals surface area contributed by atoms with Crippen molar-refractivity contribution >= 4 is 23.6 Å². The van der Waals surface area contributed by atoms with E-state index in [1.807, 2.05) is 78.9 Å². The van der Waals surface area contributed by atoms with Crippen LogP contribution >= 0.6 is 0 Å². The predicted octanol–water partition coefficient (Wildman–Crippen LogP) is 5.66. The molecule has 0 radical (unpaired) electrons. The van der Waals surface area contributed by atoms with Crippen molar-refractivity contribution in [3.8, 4) is 0 Å². The van der Waals surface area contributed by atoms with Crippen LogP contribution in [-0.2, 0) is 43.6 Å². The molecule has 2 N–H and O–H groups in total. The Bertz CT molecular complexity index is 1730. The minimum atomic E-state index is -1.04. The first-order valence-corrected chi connectivity index (χ1v) is 16.5. The molecule has 2 fully saturated rings. The number of carbonyl (C=O) groups is 3. The Balaban J connectivity index is 1.18. The van der Waals surface area contributed by atoms with E-state index in [4.69, 9.17) is 14.2 Å². The number of aliphatic hydroxyl groups is 1. The molecule has 2 heterocycles. The quantitative estimate of drug-likeness (QED) is 0.198. The second kappa shape index (κ2) is 15.6. The van der Waals surface area contributed by atoms with Crippen molar-refractivity contribution in [2.45, 2.75) is 57.6 Å². The van der Waals surface area contributed by atoms with Crippen LogP contribution in [0.5, 0.6) is 0 Å². The van der Waals surface area contributed by atoms with Crippen LogP contribution in [0, 0.1) is 5.92 Å². The third-order valence-corrected chi connectivity index (χ3v) is 8.96. The maximum atomic E-state index is 13.4. The molecule has 0 bridgehead atoms. The molecular formula is C39H41N3O7. The number of rotatable bonds is 11. The second-order valence-corrected chi connectivity index (χ2v) is 12.6. The molecule has 254 valence electrons. The molecule has 0 saturated carbocycles. The van der Waals surface area contributed by atoms with Gasteiger partial charge in [-0.15, -0.1) is 0 Å². The Morgan fingerprint density at radius 1 is 0.878 bits per heavy atom. The Hall–Kier alpha value is -4.87. The molecule has 3 amide bonds. The number of benzene rings is 4. The Morgan fingerprint density at radius 2 is 1.57 bits per heavy atom. The fourth-order valence-electron chi connectivity index (χ4n) is 6.33. The summed E-state index contributed by atoms with van der Waals surface area (Å²) in [4.78, 5) is 42.3. The molecule has 0 aromatic heterocycles. The third kappa shape index (κ3) is 8.23. The van der Waals surface area contributed by atoms with Crippen LogP contribution in [0.15, 0.2) is 109 Å². The van der Waals surface area contributed by atoms with E-state index in [1.165, 1.54) is 5.56 Å². The number of carbonyl (C=O) groups excluding carboxylic acids is 3. The fourth-order valence-corrected chi connectivity index (χ4v) is 6.33. The lowest BCUT2D eigenvalue weighted by atomic mass is 9.90. The van der Waals surface area contributed by atoms with Gasteiger partial charge in [0.05, 0.1) is 30.9 Å². The molecule has 4 aromatic carbocycles. The minimum absolute atomic E-state index is 0.0205. The van der Waals surface area contributed by atoms with Crippen LogP contribution in [-0.4, -0.2) is 53.7 Å². The summed E-state index contributed by atoms with van der Waals surface area (Å²) in [5.41, 5.74) is 4.79. The summed E-state index contributed by atoms with van der Waals surface area (Å²) in [6.07, 6.45) is -2.28. The van der Waals surface area contributed by atoms with Crippen LogP contribution in [0.4, 0.5) is 10.5 Å². The molecule has 10 nitrogen and oxygen atoms in total. The first-order chi connectivity index (χ1) is 23.8. The van der Waals surface area contributed by atoms with Crippen molar-refractivity contribution < 1.29 is 33.7 Å². The lowest BCUT2D eigenvalue weighted by molar-refractivity contribution is -0.276. The second-order valence-electron chi connectivity index (χ2n) is 12.6. The van der Waals surface area contributed by atoms with Gasteiger partial charge in [-0.2, -0.15) is 0 Å². The molecule has 10 heteroatoms. The molecule has 2 saturated heterocycles. The van der Waals surface area contributed by atoms with E-state index < -0.39 is 30.2 Å². The maximum Gasteiger partial charge on any atom is 0.408 e. The van der Waals surface area contributed by atoms with Gasteiger partial charge < -0.3 is 24.6 Å². The number of ether oxygens (including phenoxy) is 3. The van der Waals surface area contributed by atoms with E-state index in [2.05, 4.69) is 36.3 Å². The number of anilines is 1. The molecule has 6 rings (SSSR count). The SMILES string of the molecule is C[C@@H]1[C@H](CN(C)Cc2ccccc2)O[C@H](c2cccc(N3C(=O)CC(NC(=O)OCc4ccccc4)C3=O)c2)O[C@@H]1c1ccc(CO)cc1. The van der Waals surface area contributed by atoms with Gasteiger partial charge in [0.25, 0.3) is 5.91 Å². The number of nitrogens with zero attached hydrogens (tertiary/aromatic N) is 2. The van der Waals surface area contributed by atoms with E-state index >= 15 is 0 Å². The van der Waals surface area contributed by atoms with Crippen LogP contribution < -0.4 is 10.2 Å². The zero-order valence-electron chi connectivity index (χ0n) is 27.6. The smallest absolute Gasteiger partial charge is 0.408 e. The molecule has 2 aliphatic rings. The Labute approximate surface area is 286 Å². The van der Waals surface area contributed by atoms with Gasteiger partial charge in [-0.3, -0.25) is 14.5 Å². The molecule has 49 heavy (non-hydrogen) atoms. The van der Waals surface area contributed by atoms with Gasteiger partial charge in [-0.05, 0) is 41.4 Å². The zero-order chi connectivity index (χ0) is 34.3. The van der Waals surface area contributed by atoms with Gasteiger partial charge in [-0.1, -0.05) is 104 Å². The number of imide groups is 1. The van der Waals surface area contributed by atoms with Crippen LogP contribution in [0.1, 0.15) is 53.6 Å². The highest BCUT2D eigenvalue weighted by Gasteiger charge is 2.42. The topological polar surface area (TPSA) is 118 Å². The van der Waals surface area contributed by atoms with Gasteiger partial charge in [0.2, 0.25) is 5.91 Å². The Kier molecular flexibility index (Phi) is 10.8. The van der Waals surface area contributed by atoms with Crippen molar-refractivity contribution in [3.63, 3.8) is 0 Å². The molecule has 0 spiro atoms. The summed E-state index contributed by atoms with van der Waals surface area (Å²) in [6.45, 7) is 3.49. The standard InChI is InChI=1S/C39H41N3O7/c1-26-34(23-41(2)22-27-10-5-3-6-11-27)48-38(49-36(26)30-18-16-28(24-43)17-19-30)31-14-9-15-32(20-31)42-35(44)21-33(37(42)45)40-39(46)47-25-29-12-7-4-8-13-29/h3-20,26,33-34,36,38,43H,21-25H2,1-2H3,(H,40,46)/t26-,33?,34+,36+,38+/m1/s1. The maximum absolute atomic E-state index is 13.4. The van der Waals surface area contributed by atoms with E-state index in [-0.39, 0.29) is 37.8 Å². The minimum Gasteiger partial charge on any atom is -0.445 e. The number of likely N-dealkylation sites (N-methyl/N-ethyl adjacent to an activating group) is 1. The Morgan fingerprint density at radius 3 is 2.27 bits per heavy atom. The predicted molar refractivity (Wildman–Crippen MR) is 183 cm³/mol. The van der Waals surface area contributed by atoms with Gasteiger partial charge in [0.15, 0.2) is 6.29 Å². The largest absolute Gasteiger partial charge is 0.445 e. The van der Waals surface area contributed by atoms with Gasteiger partial charge >= 0.3 is 6.09 Å². The van der Waals surface area contributed by atoms with E-state index in [0.717, 1.165) is 28.1 Å². The molecule has 0 aliphatic carbocycles. The summed E-state index contributed by atoms with van der Waals surface area (Å²) in [6, 6.07) is 33.1. The lowest BCUT2D eigenvalue weighted by Gasteiger charge is -2.42. The van der Waals surface area contributed by atoms with Gasteiger partial charge in [0, 0.05) is 24.6 Å². The highest BCUT2D eigenvalue weighted by Crippen LogP contribution is 2.42. The van der Waals surface area contributed by atoms with E-state index in [9.17, 15) is 19.5 Å². The number of hydrogen-bond donors (Lipinski definition) is 2. The van der Waals surface area contributed by atoms with Crippen LogP contribution in [0.25, 0.3) is 0 Å².